The Hall–Kier alpha value is -3.33. The molecule has 27 heavy (non-hydrogen) atoms. The molecule has 6 nitrogen and oxygen atoms in total. The number of hydrogen-bond acceptors (Lipinski definition) is 4. The van der Waals surface area contributed by atoms with Crippen LogP contribution >= 0.6 is 0 Å². The van der Waals surface area contributed by atoms with Gasteiger partial charge in [-0.15, -0.1) is 0 Å². The van der Waals surface area contributed by atoms with Crippen LogP contribution in [0.2, 0.25) is 0 Å². The van der Waals surface area contributed by atoms with Crippen LogP contribution in [-0.2, 0) is 18.3 Å². The second-order valence-corrected chi connectivity index (χ2v) is 6.51. The molecule has 138 valence electrons. The van der Waals surface area contributed by atoms with E-state index >= 15 is 0 Å². The summed E-state index contributed by atoms with van der Waals surface area (Å²) in [5, 5.41) is 12.0. The fourth-order valence-electron chi connectivity index (χ4n) is 3.00. The molecule has 1 heterocycles. The highest BCUT2D eigenvalue weighted by Crippen LogP contribution is 2.24. The minimum atomic E-state index is -0.535. The van der Waals surface area contributed by atoms with Crippen molar-refractivity contribution in [1.29, 1.82) is 5.26 Å². The third-order valence-corrected chi connectivity index (χ3v) is 4.49. The number of oxazole rings is 1. The van der Waals surface area contributed by atoms with Crippen LogP contribution in [0.1, 0.15) is 25.3 Å². The van der Waals surface area contributed by atoms with Crippen molar-refractivity contribution in [2.75, 3.05) is 0 Å². The van der Waals surface area contributed by atoms with E-state index in [4.69, 9.17) is 4.42 Å². The average molecular weight is 363 g/mol. The van der Waals surface area contributed by atoms with Gasteiger partial charge in [-0.3, -0.25) is 9.36 Å². The molecule has 0 spiro atoms. The van der Waals surface area contributed by atoms with Gasteiger partial charge in [-0.05, 0) is 35.2 Å². The summed E-state index contributed by atoms with van der Waals surface area (Å²) in [6.07, 6.45) is 1.64. The van der Waals surface area contributed by atoms with Gasteiger partial charge in [-0.1, -0.05) is 37.3 Å². The van der Waals surface area contributed by atoms with Crippen LogP contribution in [0.4, 0.5) is 0 Å². The number of nitriles is 1. The Morgan fingerprint density at radius 3 is 2.59 bits per heavy atom. The molecule has 6 heteroatoms. The van der Waals surface area contributed by atoms with Crippen molar-refractivity contribution in [3.63, 3.8) is 0 Å². The Kier molecular flexibility index (Phi) is 5.41. The Morgan fingerprint density at radius 2 is 1.93 bits per heavy atom. The zero-order valence-electron chi connectivity index (χ0n) is 15.4. The Bertz CT molecular complexity index is 1050. The van der Waals surface area contributed by atoms with Gasteiger partial charge in [0.25, 0.3) is 0 Å². The first-order valence-corrected chi connectivity index (χ1v) is 8.89. The first-order valence-electron chi connectivity index (χ1n) is 8.89. The van der Waals surface area contributed by atoms with Gasteiger partial charge in [-0.25, -0.2) is 4.79 Å². The molecule has 1 atom stereocenters. The second kappa shape index (κ2) is 7.92. The lowest BCUT2D eigenvalue weighted by molar-refractivity contribution is -0.121. The lowest BCUT2D eigenvalue weighted by atomic mass is 10.0. The zero-order chi connectivity index (χ0) is 19.4. The molecule has 3 aromatic rings. The summed E-state index contributed by atoms with van der Waals surface area (Å²) < 4.78 is 6.63. The topological polar surface area (TPSA) is 88.0 Å². The predicted molar refractivity (Wildman–Crippen MR) is 103 cm³/mol. The predicted octanol–water partition coefficient (Wildman–Crippen LogP) is 3.15. The van der Waals surface area contributed by atoms with E-state index in [1.165, 1.54) is 4.57 Å². The zero-order valence-corrected chi connectivity index (χ0v) is 15.4. The molecule has 0 aliphatic rings. The lowest BCUT2D eigenvalue weighted by Gasteiger charge is -2.12. The number of hydrogen-bond donors (Lipinski definition) is 1. The fraction of sp³-hybridized carbons (Fsp3) is 0.286. The molecule has 0 saturated carbocycles. The fourth-order valence-corrected chi connectivity index (χ4v) is 3.00. The number of carbonyl (C=O) groups is 1. The molecule has 0 radical (unpaired) electrons. The van der Waals surface area contributed by atoms with E-state index in [0.717, 1.165) is 28.6 Å². The van der Waals surface area contributed by atoms with Crippen molar-refractivity contribution < 1.29 is 9.21 Å². The maximum atomic E-state index is 11.7. The monoisotopic (exact) mass is 363 g/mol. The number of rotatable bonds is 6. The normalized spacial score (nSPS) is 11.9. The summed E-state index contributed by atoms with van der Waals surface area (Å²) in [6.45, 7) is 1.93. The number of nitrogens with one attached hydrogen (secondary N) is 1. The van der Waals surface area contributed by atoms with E-state index in [1.54, 1.807) is 13.1 Å². The number of nitrogens with zero attached hydrogens (tertiary/aromatic N) is 2. The molecule has 1 N–H and O–H groups in total. The second-order valence-electron chi connectivity index (χ2n) is 6.51. The van der Waals surface area contributed by atoms with Crippen LogP contribution < -0.4 is 11.1 Å². The molecule has 1 aromatic heterocycles. The lowest BCUT2D eigenvalue weighted by Crippen LogP contribution is -2.35. The summed E-state index contributed by atoms with van der Waals surface area (Å²) in [5.41, 5.74) is 4.24. The highest BCUT2D eigenvalue weighted by molar-refractivity contribution is 5.80. The van der Waals surface area contributed by atoms with Gasteiger partial charge in [0.05, 0.1) is 11.6 Å². The van der Waals surface area contributed by atoms with Gasteiger partial charge in [0.1, 0.15) is 6.04 Å². The van der Waals surface area contributed by atoms with Crippen LogP contribution in [0, 0.1) is 11.3 Å². The van der Waals surface area contributed by atoms with E-state index < -0.39 is 6.04 Å². The molecule has 0 bridgehead atoms. The molecule has 0 saturated heterocycles. The maximum Gasteiger partial charge on any atom is 0.419 e. The molecular formula is C21H21N3O3. The smallest absolute Gasteiger partial charge is 0.408 e. The van der Waals surface area contributed by atoms with E-state index in [1.807, 2.05) is 43.3 Å². The molecule has 1 amide bonds. The van der Waals surface area contributed by atoms with Crippen molar-refractivity contribution in [3.8, 4) is 17.2 Å². The number of carbonyl (C=O) groups excluding carboxylic acids is 1. The van der Waals surface area contributed by atoms with Crippen molar-refractivity contribution in [2.24, 2.45) is 7.05 Å². The first-order chi connectivity index (χ1) is 13.0. The molecule has 2 aromatic carbocycles. The Balaban J connectivity index is 1.77. The summed E-state index contributed by atoms with van der Waals surface area (Å²) in [6, 6.07) is 15.0. The largest absolute Gasteiger partial charge is 0.419 e. The SMILES string of the molecule is CCCC(=O)N[C@H](C#N)Cc1ccc(-c2ccc3oc(=O)n(C)c3c2)cc1. The van der Waals surface area contributed by atoms with E-state index in [0.29, 0.717) is 18.4 Å². The van der Waals surface area contributed by atoms with Crippen LogP contribution in [0.15, 0.2) is 51.7 Å². The van der Waals surface area contributed by atoms with Crippen LogP contribution in [0.5, 0.6) is 0 Å². The van der Waals surface area contributed by atoms with Crippen LogP contribution in [0.25, 0.3) is 22.2 Å². The number of benzene rings is 2. The number of aryl methyl sites for hydroxylation is 1. The van der Waals surface area contributed by atoms with Gasteiger partial charge < -0.3 is 9.73 Å². The first kappa shape index (κ1) is 18.5. The van der Waals surface area contributed by atoms with Crippen molar-refractivity contribution >= 4 is 17.0 Å². The average Bonchev–Trinajstić information content (AvgIpc) is 2.95. The quantitative estimate of drug-likeness (QED) is 0.729. The molecular weight excluding hydrogens is 342 g/mol. The Morgan fingerprint density at radius 1 is 1.22 bits per heavy atom. The third kappa shape index (κ3) is 4.09. The summed E-state index contributed by atoms with van der Waals surface area (Å²) in [5.74, 6) is -0.482. The standard InChI is InChI=1S/C21H21N3O3/c1-3-4-20(25)23-17(13-22)11-14-5-7-15(8-6-14)16-9-10-19-18(12-16)24(2)21(26)27-19/h5-10,12,17H,3-4,11H2,1-2H3,(H,23,25)/t17-/m0/s1. The third-order valence-electron chi connectivity index (χ3n) is 4.49. The summed E-state index contributed by atoms with van der Waals surface area (Å²) in [4.78, 5) is 23.3. The number of amides is 1. The number of aromatic nitrogens is 1. The molecule has 0 aliphatic carbocycles. The van der Waals surface area contributed by atoms with Crippen LogP contribution in [-0.4, -0.2) is 16.5 Å². The highest BCUT2D eigenvalue weighted by Gasteiger charge is 2.12. The summed E-state index contributed by atoms with van der Waals surface area (Å²) in [7, 11) is 1.68. The maximum absolute atomic E-state index is 11.7. The van der Waals surface area contributed by atoms with Gasteiger partial charge in [0.15, 0.2) is 5.58 Å². The summed E-state index contributed by atoms with van der Waals surface area (Å²) >= 11 is 0. The minimum Gasteiger partial charge on any atom is -0.408 e. The molecule has 0 aliphatic heterocycles. The van der Waals surface area contributed by atoms with E-state index in [-0.39, 0.29) is 11.7 Å². The van der Waals surface area contributed by atoms with Crippen molar-refractivity contribution in [2.45, 2.75) is 32.2 Å². The van der Waals surface area contributed by atoms with Gasteiger partial charge in [0.2, 0.25) is 5.91 Å². The van der Waals surface area contributed by atoms with Gasteiger partial charge in [-0.2, -0.15) is 5.26 Å². The molecule has 0 fully saturated rings. The van der Waals surface area contributed by atoms with Gasteiger partial charge in [0, 0.05) is 19.9 Å². The Labute approximate surface area is 157 Å². The minimum absolute atomic E-state index is 0.0975. The number of fused-ring (bicyclic) bond motifs is 1. The van der Waals surface area contributed by atoms with E-state index in [9.17, 15) is 14.9 Å². The molecule has 3 rings (SSSR count). The van der Waals surface area contributed by atoms with Crippen LogP contribution in [0.3, 0.4) is 0 Å². The highest BCUT2D eigenvalue weighted by atomic mass is 16.4. The van der Waals surface area contributed by atoms with E-state index in [2.05, 4.69) is 11.4 Å². The van der Waals surface area contributed by atoms with Gasteiger partial charge >= 0.3 is 5.76 Å². The molecule has 0 unspecified atom stereocenters. The van der Waals surface area contributed by atoms with Crippen molar-refractivity contribution in [1.82, 2.24) is 9.88 Å². The van der Waals surface area contributed by atoms with Crippen molar-refractivity contribution in [3.05, 3.63) is 58.6 Å².